The number of likely N-dealkylation sites (tertiary alicyclic amines) is 1. The fraction of sp³-hybridized carbons (Fsp3) is 0.867. The molecule has 0 aliphatic carbocycles. The van der Waals surface area contributed by atoms with E-state index in [0.717, 1.165) is 19.6 Å². The minimum absolute atomic E-state index is 0.0898. The van der Waals surface area contributed by atoms with Crippen LogP contribution >= 0.6 is 0 Å². The number of carbonyl (C=O) groups excluding carboxylic acids is 1. The predicted molar refractivity (Wildman–Crippen MR) is 80.0 cm³/mol. The highest BCUT2D eigenvalue weighted by Crippen LogP contribution is 2.30. The third-order valence-corrected chi connectivity index (χ3v) is 5.11. The summed E-state index contributed by atoms with van der Waals surface area (Å²) in [6.45, 7) is 7.29. The topological polar surface area (TPSA) is 64.1 Å². The number of piperidine rings is 1. The van der Waals surface area contributed by atoms with Crippen molar-refractivity contribution in [2.75, 3.05) is 40.3 Å². The van der Waals surface area contributed by atoms with Crippen molar-refractivity contribution in [2.45, 2.75) is 32.4 Å². The Morgan fingerprint density at radius 2 is 1.95 bits per heavy atom. The number of piperazine rings is 1. The van der Waals surface area contributed by atoms with E-state index in [1.807, 2.05) is 13.8 Å². The molecule has 2 fully saturated rings. The molecule has 4 unspecified atom stereocenters. The van der Waals surface area contributed by atoms with Crippen molar-refractivity contribution < 1.29 is 14.7 Å². The third-order valence-electron chi connectivity index (χ3n) is 5.11. The first kappa shape index (κ1) is 16.2. The molecule has 6 heteroatoms. The van der Waals surface area contributed by atoms with Crippen LogP contribution in [0.5, 0.6) is 0 Å². The van der Waals surface area contributed by atoms with Crippen LogP contribution < -0.4 is 0 Å². The molecule has 2 heterocycles. The molecule has 2 rings (SSSR count). The zero-order valence-electron chi connectivity index (χ0n) is 13.5. The van der Waals surface area contributed by atoms with Gasteiger partial charge in [0.1, 0.15) is 0 Å². The van der Waals surface area contributed by atoms with Gasteiger partial charge in [0, 0.05) is 44.7 Å². The van der Waals surface area contributed by atoms with Gasteiger partial charge < -0.3 is 14.9 Å². The van der Waals surface area contributed by atoms with Crippen LogP contribution in [-0.2, 0) is 9.59 Å². The first-order valence-electron chi connectivity index (χ1n) is 7.72. The number of carboxylic acids is 1. The summed E-state index contributed by atoms with van der Waals surface area (Å²) in [7, 11) is 4.16. The second kappa shape index (κ2) is 6.32. The molecule has 0 aromatic heterocycles. The smallest absolute Gasteiger partial charge is 0.308 e. The van der Waals surface area contributed by atoms with E-state index in [9.17, 15) is 14.7 Å². The average Bonchev–Trinajstić information content (AvgIpc) is 2.37. The van der Waals surface area contributed by atoms with Crippen LogP contribution in [0.2, 0.25) is 0 Å². The van der Waals surface area contributed by atoms with Crippen LogP contribution in [0.3, 0.4) is 0 Å². The number of hydrogen-bond acceptors (Lipinski definition) is 4. The number of carboxylic acid groups (broad SMARTS) is 1. The van der Waals surface area contributed by atoms with Crippen LogP contribution in [-0.4, -0.2) is 84.0 Å². The number of likely N-dealkylation sites (N-methyl/N-ethyl adjacent to an activating group) is 2. The Bertz CT molecular complexity index is 415. The minimum Gasteiger partial charge on any atom is -0.481 e. The van der Waals surface area contributed by atoms with Crippen molar-refractivity contribution in [3.63, 3.8) is 0 Å². The van der Waals surface area contributed by atoms with Gasteiger partial charge in [0.25, 0.3) is 0 Å². The quantitative estimate of drug-likeness (QED) is 0.806. The van der Waals surface area contributed by atoms with E-state index in [2.05, 4.69) is 23.9 Å². The summed E-state index contributed by atoms with van der Waals surface area (Å²) < 4.78 is 0. The van der Waals surface area contributed by atoms with E-state index < -0.39 is 11.9 Å². The van der Waals surface area contributed by atoms with Gasteiger partial charge in [-0.25, -0.2) is 0 Å². The lowest BCUT2D eigenvalue weighted by Gasteiger charge is -2.45. The zero-order valence-corrected chi connectivity index (χ0v) is 13.5. The first-order valence-corrected chi connectivity index (χ1v) is 7.72. The summed E-state index contributed by atoms with van der Waals surface area (Å²) in [4.78, 5) is 30.2. The Morgan fingerprint density at radius 3 is 2.57 bits per heavy atom. The summed E-state index contributed by atoms with van der Waals surface area (Å²) in [5.41, 5.74) is 0. The SMILES string of the molecule is CC1CC(=O)N(CC2CN(C)CCN2C)C(C)C1C(=O)O. The van der Waals surface area contributed by atoms with Crippen molar-refractivity contribution in [3.05, 3.63) is 0 Å². The molecule has 1 amide bonds. The summed E-state index contributed by atoms with van der Waals surface area (Å²) in [5.74, 6) is -1.25. The summed E-state index contributed by atoms with van der Waals surface area (Å²) >= 11 is 0. The number of rotatable bonds is 3. The van der Waals surface area contributed by atoms with Gasteiger partial charge in [-0.1, -0.05) is 6.92 Å². The normalized spacial score (nSPS) is 36.0. The first-order chi connectivity index (χ1) is 9.81. The molecule has 2 aliphatic rings. The minimum atomic E-state index is -0.790. The molecular formula is C15H27N3O3. The second-order valence-electron chi connectivity index (χ2n) is 6.73. The third kappa shape index (κ3) is 3.37. The zero-order chi connectivity index (χ0) is 15.7. The fourth-order valence-electron chi connectivity index (χ4n) is 3.66. The largest absolute Gasteiger partial charge is 0.481 e. The molecule has 0 bridgehead atoms. The van der Waals surface area contributed by atoms with Crippen molar-refractivity contribution in [1.82, 2.24) is 14.7 Å². The van der Waals surface area contributed by atoms with Gasteiger partial charge in [-0.2, -0.15) is 0 Å². The Balaban J connectivity index is 2.10. The molecule has 0 saturated carbocycles. The predicted octanol–water partition coefficient (Wildman–Crippen LogP) is 0.190. The van der Waals surface area contributed by atoms with E-state index in [0.29, 0.717) is 13.0 Å². The molecule has 0 radical (unpaired) electrons. The molecule has 120 valence electrons. The van der Waals surface area contributed by atoms with Gasteiger partial charge in [-0.3, -0.25) is 14.5 Å². The van der Waals surface area contributed by atoms with E-state index in [1.54, 1.807) is 4.90 Å². The standard InChI is InChI=1S/C15H27N3O3/c1-10-7-13(19)18(11(2)14(10)15(20)21)9-12-8-16(3)5-6-17(12)4/h10-12,14H,5-9H2,1-4H3,(H,20,21). The second-order valence-corrected chi connectivity index (χ2v) is 6.73. The Labute approximate surface area is 126 Å². The lowest BCUT2D eigenvalue weighted by Crippen LogP contribution is -2.60. The summed E-state index contributed by atoms with van der Waals surface area (Å²) in [6.07, 6.45) is 0.341. The fourth-order valence-corrected chi connectivity index (χ4v) is 3.66. The van der Waals surface area contributed by atoms with Gasteiger partial charge in [0.2, 0.25) is 5.91 Å². The van der Waals surface area contributed by atoms with Crippen LogP contribution in [0.25, 0.3) is 0 Å². The Hall–Kier alpha value is -1.14. The molecule has 2 saturated heterocycles. The monoisotopic (exact) mass is 297 g/mol. The van der Waals surface area contributed by atoms with Gasteiger partial charge in [-0.05, 0) is 26.9 Å². The number of aliphatic carboxylic acids is 1. The van der Waals surface area contributed by atoms with Gasteiger partial charge in [0.05, 0.1) is 5.92 Å². The van der Waals surface area contributed by atoms with Crippen molar-refractivity contribution in [2.24, 2.45) is 11.8 Å². The Kier molecular flexibility index (Phi) is 4.88. The highest BCUT2D eigenvalue weighted by molar-refractivity contribution is 5.81. The van der Waals surface area contributed by atoms with Gasteiger partial charge >= 0.3 is 5.97 Å². The highest BCUT2D eigenvalue weighted by Gasteiger charge is 2.42. The van der Waals surface area contributed by atoms with Crippen LogP contribution in [0, 0.1) is 11.8 Å². The van der Waals surface area contributed by atoms with Crippen molar-refractivity contribution in [3.8, 4) is 0 Å². The molecule has 21 heavy (non-hydrogen) atoms. The maximum absolute atomic E-state index is 12.3. The number of amides is 1. The summed E-state index contributed by atoms with van der Waals surface area (Å²) in [6, 6.07) is 0.0392. The van der Waals surface area contributed by atoms with E-state index in [4.69, 9.17) is 0 Å². The van der Waals surface area contributed by atoms with E-state index in [1.165, 1.54) is 0 Å². The van der Waals surface area contributed by atoms with Crippen LogP contribution in [0.15, 0.2) is 0 Å². The highest BCUT2D eigenvalue weighted by atomic mass is 16.4. The maximum Gasteiger partial charge on any atom is 0.308 e. The van der Waals surface area contributed by atoms with Crippen LogP contribution in [0.4, 0.5) is 0 Å². The molecule has 0 spiro atoms. The Morgan fingerprint density at radius 1 is 1.29 bits per heavy atom. The summed E-state index contributed by atoms with van der Waals surface area (Å²) in [5, 5.41) is 9.43. The lowest BCUT2D eigenvalue weighted by atomic mass is 9.81. The van der Waals surface area contributed by atoms with Crippen molar-refractivity contribution in [1.29, 1.82) is 0 Å². The molecule has 2 aliphatic heterocycles. The van der Waals surface area contributed by atoms with Crippen LogP contribution in [0.1, 0.15) is 20.3 Å². The molecule has 4 atom stereocenters. The number of nitrogens with zero attached hydrogens (tertiary/aromatic N) is 3. The van der Waals surface area contributed by atoms with E-state index >= 15 is 0 Å². The molecule has 6 nitrogen and oxygen atoms in total. The number of carbonyl (C=O) groups is 2. The maximum atomic E-state index is 12.3. The molecule has 0 aromatic rings. The van der Waals surface area contributed by atoms with Crippen molar-refractivity contribution >= 4 is 11.9 Å². The molecular weight excluding hydrogens is 270 g/mol. The van der Waals surface area contributed by atoms with Gasteiger partial charge in [-0.15, -0.1) is 0 Å². The molecule has 1 N–H and O–H groups in total. The average molecular weight is 297 g/mol. The van der Waals surface area contributed by atoms with Gasteiger partial charge in [0.15, 0.2) is 0 Å². The molecule has 0 aromatic carbocycles. The number of hydrogen-bond donors (Lipinski definition) is 1. The lowest BCUT2D eigenvalue weighted by molar-refractivity contribution is -0.155. The van der Waals surface area contributed by atoms with E-state index in [-0.39, 0.29) is 23.9 Å².